The predicted molar refractivity (Wildman–Crippen MR) is 118 cm³/mol. The summed E-state index contributed by atoms with van der Waals surface area (Å²) in [6, 6.07) is 5.80. The molecule has 0 bridgehead atoms. The van der Waals surface area contributed by atoms with Crippen molar-refractivity contribution in [2.24, 2.45) is 11.7 Å². The molecule has 0 saturated heterocycles. The molecule has 162 valence electrons. The van der Waals surface area contributed by atoms with Crippen LogP contribution in [0.25, 0.3) is 10.9 Å². The first-order valence-corrected chi connectivity index (χ1v) is 10.6. The minimum absolute atomic E-state index is 0.0373. The topological polar surface area (TPSA) is 127 Å². The van der Waals surface area contributed by atoms with Crippen molar-refractivity contribution in [2.45, 2.75) is 51.2 Å². The highest BCUT2D eigenvalue weighted by molar-refractivity contribution is 5.93. The van der Waals surface area contributed by atoms with Crippen molar-refractivity contribution in [3.05, 3.63) is 47.1 Å². The van der Waals surface area contributed by atoms with Crippen LogP contribution in [0.4, 0.5) is 5.82 Å². The van der Waals surface area contributed by atoms with Crippen LogP contribution in [0.1, 0.15) is 49.7 Å². The Morgan fingerprint density at radius 2 is 2.03 bits per heavy atom. The highest BCUT2D eigenvalue weighted by atomic mass is 16.5. The van der Waals surface area contributed by atoms with E-state index in [2.05, 4.69) is 20.7 Å². The molecule has 0 radical (unpaired) electrons. The summed E-state index contributed by atoms with van der Waals surface area (Å²) in [7, 11) is 1.62. The third kappa shape index (κ3) is 3.20. The lowest BCUT2D eigenvalue weighted by Crippen LogP contribution is -2.42. The van der Waals surface area contributed by atoms with Gasteiger partial charge in [-0.1, -0.05) is 6.07 Å². The number of rotatable bonds is 4. The number of anilines is 1. The minimum atomic E-state index is -0.494. The summed E-state index contributed by atoms with van der Waals surface area (Å²) in [5.41, 5.74) is 12.7. The number of nitrogens with one attached hydrogen (secondary N) is 3. The molecule has 0 spiro atoms. The summed E-state index contributed by atoms with van der Waals surface area (Å²) in [5.74, 6) is 2.32. The fraction of sp³-hybridized carbons (Fsp3) is 0.455. The van der Waals surface area contributed by atoms with Crippen molar-refractivity contribution in [2.75, 3.05) is 17.9 Å². The largest absolute Gasteiger partial charge is 0.494 e. The number of aromatic nitrogens is 4. The lowest BCUT2D eigenvalue weighted by molar-refractivity contribution is 0.236. The lowest BCUT2D eigenvalue weighted by atomic mass is 9.71. The van der Waals surface area contributed by atoms with E-state index >= 15 is 0 Å². The molecule has 2 aliphatic rings. The number of methoxy groups -OCH3 is 1. The van der Waals surface area contributed by atoms with E-state index in [0.717, 1.165) is 41.1 Å². The first-order valence-electron chi connectivity index (χ1n) is 10.6. The van der Waals surface area contributed by atoms with Gasteiger partial charge < -0.3 is 15.8 Å². The number of hydrogen-bond acceptors (Lipinski definition) is 8. The molecule has 1 unspecified atom stereocenters. The van der Waals surface area contributed by atoms with Crippen LogP contribution in [0, 0.1) is 18.3 Å². The molecular formula is C22H28N8O. The van der Waals surface area contributed by atoms with Gasteiger partial charge in [0.25, 0.3) is 0 Å². The van der Waals surface area contributed by atoms with E-state index in [1.165, 1.54) is 0 Å². The third-order valence-corrected chi connectivity index (χ3v) is 6.33. The van der Waals surface area contributed by atoms with E-state index in [4.69, 9.17) is 20.9 Å². The maximum atomic E-state index is 8.35. The molecule has 3 heterocycles. The Morgan fingerprint density at radius 1 is 1.26 bits per heavy atom. The Bertz CT molecular complexity index is 1220. The van der Waals surface area contributed by atoms with Crippen LogP contribution in [-0.2, 0) is 5.54 Å². The highest BCUT2D eigenvalue weighted by Gasteiger charge is 2.40. The molecule has 5 N–H and O–H groups in total. The number of ether oxygens (including phenoxy) is 1. The molecular weight excluding hydrogens is 392 g/mol. The van der Waals surface area contributed by atoms with Gasteiger partial charge in [-0.2, -0.15) is 0 Å². The SMILES string of the molecule is COc1cccc2c3n(c(=N)nc12)NC(C1CC(c2cnc(C(C)(C)N)c(C)n2)C1)N3. The highest BCUT2D eigenvalue weighted by Crippen LogP contribution is 2.44. The van der Waals surface area contributed by atoms with E-state index in [1.807, 2.05) is 45.2 Å². The van der Waals surface area contributed by atoms with Crippen LogP contribution in [0.5, 0.6) is 5.75 Å². The van der Waals surface area contributed by atoms with E-state index in [9.17, 15) is 0 Å². The van der Waals surface area contributed by atoms with Gasteiger partial charge in [-0.25, -0.2) is 9.66 Å². The lowest BCUT2D eigenvalue weighted by Gasteiger charge is -2.38. The van der Waals surface area contributed by atoms with E-state index in [0.29, 0.717) is 23.1 Å². The first-order chi connectivity index (χ1) is 14.8. The van der Waals surface area contributed by atoms with Crippen molar-refractivity contribution in [3.63, 3.8) is 0 Å². The third-order valence-electron chi connectivity index (χ3n) is 6.33. The van der Waals surface area contributed by atoms with Crippen molar-refractivity contribution in [3.8, 4) is 5.75 Å². The predicted octanol–water partition coefficient (Wildman–Crippen LogP) is 2.31. The van der Waals surface area contributed by atoms with Gasteiger partial charge in [-0.3, -0.25) is 20.8 Å². The van der Waals surface area contributed by atoms with E-state index in [-0.39, 0.29) is 11.8 Å². The van der Waals surface area contributed by atoms with Crippen LogP contribution in [0.3, 0.4) is 0 Å². The standard InChI is InChI=1S/C22H28N8O/c1-11-18(22(2,3)24)25-10-15(26-11)12-8-13(9-12)19-28-20-14-6-5-7-16(31-4)17(14)27-21(23)30(20)29-19/h5-7,10,12-13,19,23,28-29H,8-9,24H2,1-4H3. The maximum absolute atomic E-state index is 8.35. The number of hydrogen-bond donors (Lipinski definition) is 4. The number of aryl methyl sites for hydroxylation is 1. The molecule has 9 nitrogen and oxygen atoms in total. The average Bonchev–Trinajstić information content (AvgIpc) is 3.11. The number of fused-ring (bicyclic) bond motifs is 3. The van der Waals surface area contributed by atoms with Crippen LogP contribution in [-0.4, -0.2) is 32.9 Å². The first kappa shape index (κ1) is 19.7. The van der Waals surface area contributed by atoms with Gasteiger partial charge in [0.15, 0.2) is 0 Å². The van der Waals surface area contributed by atoms with Gasteiger partial charge in [0.1, 0.15) is 23.2 Å². The van der Waals surface area contributed by atoms with Gasteiger partial charge in [0, 0.05) is 23.4 Å². The summed E-state index contributed by atoms with van der Waals surface area (Å²) in [5, 5.41) is 12.8. The van der Waals surface area contributed by atoms with Crippen molar-refractivity contribution >= 4 is 16.7 Å². The Morgan fingerprint density at radius 3 is 2.71 bits per heavy atom. The Balaban J connectivity index is 1.34. The summed E-state index contributed by atoms with van der Waals surface area (Å²) >= 11 is 0. The van der Waals surface area contributed by atoms with Gasteiger partial charge in [-0.15, -0.1) is 0 Å². The summed E-state index contributed by atoms with van der Waals surface area (Å²) in [6.07, 6.45) is 3.92. The Hall–Kier alpha value is -3.20. The van der Waals surface area contributed by atoms with E-state index < -0.39 is 5.54 Å². The number of benzene rings is 1. The van der Waals surface area contributed by atoms with Gasteiger partial charge in [0.2, 0.25) is 5.62 Å². The minimum Gasteiger partial charge on any atom is -0.494 e. The van der Waals surface area contributed by atoms with Crippen molar-refractivity contribution in [1.82, 2.24) is 19.6 Å². The van der Waals surface area contributed by atoms with E-state index in [1.54, 1.807) is 11.8 Å². The number of para-hydroxylation sites is 1. The summed E-state index contributed by atoms with van der Waals surface area (Å²) < 4.78 is 7.15. The fourth-order valence-electron chi connectivity index (χ4n) is 4.69. The molecule has 0 amide bonds. The zero-order chi connectivity index (χ0) is 21.9. The number of nitrogens with two attached hydrogens (primary N) is 1. The molecule has 1 atom stereocenters. The Kier molecular flexibility index (Phi) is 4.40. The molecule has 31 heavy (non-hydrogen) atoms. The molecule has 2 aromatic heterocycles. The quantitative estimate of drug-likeness (QED) is 0.510. The van der Waals surface area contributed by atoms with Crippen LogP contribution < -0.4 is 26.8 Å². The van der Waals surface area contributed by atoms with Crippen LogP contribution in [0.2, 0.25) is 0 Å². The Labute approximate surface area is 180 Å². The van der Waals surface area contributed by atoms with Crippen molar-refractivity contribution in [1.29, 1.82) is 5.41 Å². The van der Waals surface area contributed by atoms with Crippen LogP contribution >= 0.6 is 0 Å². The van der Waals surface area contributed by atoms with Gasteiger partial charge >= 0.3 is 0 Å². The fourth-order valence-corrected chi connectivity index (χ4v) is 4.69. The molecule has 1 aliphatic heterocycles. The van der Waals surface area contributed by atoms with Crippen molar-refractivity contribution < 1.29 is 4.74 Å². The zero-order valence-electron chi connectivity index (χ0n) is 18.2. The maximum Gasteiger partial charge on any atom is 0.243 e. The molecule has 1 aliphatic carbocycles. The molecule has 1 aromatic carbocycles. The molecule has 9 heteroatoms. The monoisotopic (exact) mass is 420 g/mol. The van der Waals surface area contributed by atoms with Crippen LogP contribution in [0.15, 0.2) is 24.4 Å². The molecule has 1 saturated carbocycles. The second-order valence-electron chi connectivity index (χ2n) is 9.11. The summed E-state index contributed by atoms with van der Waals surface area (Å²) in [6.45, 7) is 5.88. The summed E-state index contributed by atoms with van der Waals surface area (Å²) in [4.78, 5) is 13.8. The smallest absolute Gasteiger partial charge is 0.243 e. The number of nitrogens with zero attached hydrogens (tertiary/aromatic N) is 4. The zero-order valence-corrected chi connectivity index (χ0v) is 18.2. The second-order valence-corrected chi connectivity index (χ2v) is 9.11. The molecule has 5 rings (SSSR count). The molecule has 3 aromatic rings. The van der Waals surface area contributed by atoms with Gasteiger partial charge in [-0.05, 0) is 45.7 Å². The average molecular weight is 421 g/mol. The second kappa shape index (κ2) is 6.91. The molecule has 1 fully saturated rings. The normalized spacial score (nSPS) is 22.4. The van der Waals surface area contributed by atoms with Gasteiger partial charge in [0.05, 0.1) is 29.7 Å².